The fourth-order valence-corrected chi connectivity index (χ4v) is 2.33. The van der Waals surface area contributed by atoms with Crippen LogP contribution < -0.4 is 0 Å². The van der Waals surface area contributed by atoms with Gasteiger partial charge in [-0.2, -0.15) is 5.26 Å². The summed E-state index contributed by atoms with van der Waals surface area (Å²) >= 11 is 1.29. The van der Waals surface area contributed by atoms with Gasteiger partial charge in [-0.15, -0.1) is 0 Å². The summed E-state index contributed by atoms with van der Waals surface area (Å²) in [6.45, 7) is 1.47. The van der Waals surface area contributed by atoms with Crippen LogP contribution in [0.15, 0.2) is 40.8 Å². The molecular formula is C13H12N4OS. The van der Waals surface area contributed by atoms with Gasteiger partial charge in [0, 0.05) is 5.71 Å². The first-order chi connectivity index (χ1) is 9.11. The molecule has 0 atom stereocenters. The van der Waals surface area contributed by atoms with Crippen molar-refractivity contribution in [2.24, 2.45) is 0 Å². The Morgan fingerprint density at radius 3 is 2.89 bits per heavy atom. The van der Waals surface area contributed by atoms with Gasteiger partial charge in [-0.1, -0.05) is 23.9 Å². The zero-order valence-corrected chi connectivity index (χ0v) is 11.1. The van der Waals surface area contributed by atoms with Crippen LogP contribution in [0.4, 0.5) is 0 Å². The van der Waals surface area contributed by atoms with Crippen LogP contribution >= 0.6 is 11.8 Å². The van der Waals surface area contributed by atoms with E-state index in [0.29, 0.717) is 5.16 Å². The molecule has 0 bridgehead atoms. The van der Waals surface area contributed by atoms with Gasteiger partial charge >= 0.3 is 0 Å². The molecule has 0 spiro atoms. The van der Waals surface area contributed by atoms with Crippen molar-refractivity contribution in [3.63, 3.8) is 0 Å². The van der Waals surface area contributed by atoms with E-state index in [-0.39, 0.29) is 22.8 Å². The van der Waals surface area contributed by atoms with Crippen molar-refractivity contribution < 1.29 is 5.11 Å². The van der Waals surface area contributed by atoms with Crippen molar-refractivity contribution in [2.45, 2.75) is 12.1 Å². The van der Waals surface area contributed by atoms with Crippen LogP contribution in [0, 0.1) is 16.7 Å². The van der Waals surface area contributed by atoms with Crippen molar-refractivity contribution >= 4 is 28.5 Å². The van der Waals surface area contributed by atoms with Crippen molar-refractivity contribution in [2.75, 3.05) is 5.75 Å². The van der Waals surface area contributed by atoms with E-state index < -0.39 is 0 Å². The molecule has 1 aromatic heterocycles. The predicted octanol–water partition coefficient (Wildman–Crippen LogP) is 3.03. The van der Waals surface area contributed by atoms with Crippen LogP contribution in [0.3, 0.4) is 0 Å². The van der Waals surface area contributed by atoms with Crippen LogP contribution in [-0.2, 0) is 0 Å². The van der Waals surface area contributed by atoms with Crippen molar-refractivity contribution in [3.8, 4) is 6.07 Å². The van der Waals surface area contributed by atoms with Gasteiger partial charge in [-0.25, -0.2) is 4.98 Å². The molecule has 2 rings (SSSR count). The summed E-state index contributed by atoms with van der Waals surface area (Å²) in [6, 6.07) is 9.46. The first-order valence-electron chi connectivity index (χ1n) is 5.57. The summed E-state index contributed by atoms with van der Waals surface area (Å²) in [6.07, 6.45) is 0. The average molecular weight is 272 g/mol. The number of H-pyrrole nitrogens is 1. The maximum absolute atomic E-state index is 9.77. The maximum Gasteiger partial charge on any atom is 0.166 e. The van der Waals surface area contributed by atoms with E-state index in [1.807, 2.05) is 30.3 Å². The fraction of sp³-hybridized carbons (Fsp3) is 0.154. The molecule has 1 heterocycles. The van der Waals surface area contributed by atoms with Gasteiger partial charge in [0.25, 0.3) is 0 Å². The lowest BCUT2D eigenvalue weighted by molar-refractivity contribution is 0.415. The van der Waals surface area contributed by atoms with Crippen LogP contribution in [-0.4, -0.2) is 26.5 Å². The van der Waals surface area contributed by atoms with Gasteiger partial charge in [0.15, 0.2) is 5.16 Å². The second-order valence-corrected chi connectivity index (χ2v) is 4.87. The SMILES string of the molecule is CC(=N)/C(C#N)=C(\O)CSc1nc2ccccc2[nH]1. The number of imidazole rings is 1. The number of hydrogen-bond acceptors (Lipinski definition) is 5. The third kappa shape index (κ3) is 2.95. The summed E-state index contributed by atoms with van der Waals surface area (Å²) in [5.74, 6) is 0.110. The molecule has 2 aromatic rings. The normalized spacial score (nSPS) is 12.0. The van der Waals surface area contributed by atoms with Crippen LogP contribution in [0.25, 0.3) is 11.0 Å². The van der Waals surface area contributed by atoms with Crippen LogP contribution in [0.1, 0.15) is 6.92 Å². The van der Waals surface area contributed by atoms with Crippen LogP contribution in [0.5, 0.6) is 0 Å². The van der Waals surface area contributed by atoms with E-state index in [1.165, 1.54) is 18.7 Å². The zero-order chi connectivity index (χ0) is 13.8. The maximum atomic E-state index is 9.77. The number of nitrogens with zero attached hydrogens (tertiary/aromatic N) is 2. The smallest absolute Gasteiger partial charge is 0.166 e. The zero-order valence-electron chi connectivity index (χ0n) is 10.3. The van der Waals surface area contributed by atoms with Gasteiger partial charge in [0.05, 0.1) is 16.8 Å². The molecule has 5 nitrogen and oxygen atoms in total. The minimum Gasteiger partial charge on any atom is -0.510 e. The molecule has 96 valence electrons. The monoisotopic (exact) mass is 272 g/mol. The molecule has 0 fully saturated rings. The number of aliphatic hydroxyl groups excluding tert-OH is 1. The Hall–Kier alpha value is -2.26. The third-order valence-electron chi connectivity index (χ3n) is 2.49. The highest BCUT2D eigenvalue weighted by Crippen LogP contribution is 2.21. The van der Waals surface area contributed by atoms with Crippen molar-refractivity contribution in [3.05, 3.63) is 35.6 Å². The highest BCUT2D eigenvalue weighted by atomic mass is 32.2. The Kier molecular flexibility index (Phi) is 3.88. The number of nitriles is 1. The Balaban J connectivity index is 2.15. The molecule has 19 heavy (non-hydrogen) atoms. The second kappa shape index (κ2) is 5.59. The third-order valence-corrected chi connectivity index (χ3v) is 3.37. The summed E-state index contributed by atoms with van der Waals surface area (Å²) in [7, 11) is 0. The summed E-state index contributed by atoms with van der Waals surface area (Å²) in [5, 5.41) is 26.7. The quantitative estimate of drug-likeness (QED) is 0.345. The minimum absolute atomic E-state index is 0.0172. The van der Waals surface area contributed by atoms with Crippen molar-refractivity contribution in [1.29, 1.82) is 10.7 Å². The Bertz CT molecular complexity index is 663. The number of allylic oxidation sites excluding steroid dienone is 1. The fourth-order valence-electron chi connectivity index (χ4n) is 1.57. The van der Waals surface area contributed by atoms with Crippen molar-refractivity contribution in [1.82, 2.24) is 9.97 Å². The van der Waals surface area contributed by atoms with E-state index >= 15 is 0 Å². The van der Waals surface area contributed by atoms with Gasteiger partial charge in [0.1, 0.15) is 17.4 Å². The lowest BCUT2D eigenvalue weighted by atomic mass is 10.2. The molecule has 0 saturated carbocycles. The highest BCUT2D eigenvalue weighted by Gasteiger charge is 2.09. The lowest BCUT2D eigenvalue weighted by Gasteiger charge is -2.01. The molecule has 3 N–H and O–H groups in total. The number of aliphatic hydroxyl groups is 1. The number of aromatic amines is 1. The van der Waals surface area contributed by atoms with E-state index in [1.54, 1.807) is 0 Å². The average Bonchev–Trinajstić information content (AvgIpc) is 2.79. The second-order valence-electron chi connectivity index (χ2n) is 3.91. The summed E-state index contributed by atoms with van der Waals surface area (Å²) in [5.41, 5.74) is 1.86. The first-order valence-corrected chi connectivity index (χ1v) is 6.55. The summed E-state index contributed by atoms with van der Waals surface area (Å²) < 4.78 is 0. The molecular weight excluding hydrogens is 260 g/mol. The highest BCUT2D eigenvalue weighted by molar-refractivity contribution is 7.99. The number of para-hydroxylation sites is 2. The van der Waals surface area contributed by atoms with E-state index in [2.05, 4.69) is 9.97 Å². The van der Waals surface area contributed by atoms with E-state index in [4.69, 9.17) is 10.7 Å². The molecule has 0 aliphatic heterocycles. The van der Waals surface area contributed by atoms with E-state index in [9.17, 15) is 5.11 Å². The largest absolute Gasteiger partial charge is 0.510 e. The topological polar surface area (TPSA) is 96.6 Å². The Morgan fingerprint density at radius 2 is 2.26 bits per heavy atom. The van der Waals surface area contributed by atoms with Gasteiger partial charge in [-0.3, -0.25) is 0 Å². The Labute approximate surface area is 114 Å². The first kappa shape index (κ1) is 13.2. The number of hydrogen-bond donors (Lipinski definition) is 3. The molecule has 0 aliphatic rings. The van der Waals surface area contributed by atoms with Gasteiger partial charge in [0.2, 0.25) is 0 Å². The molecule has 0 radical (unpaired) electrons. The molecule has 1 aromatic carbocycles. The Morgan fingerprint density at radius 1 is 1.53 bits per heavy atom. The van der Waals surface area contributed by atoms with Gasteiger partial charge < -0.3 is 15.5 Å². The summed E-state index contributed by atoms with van der Waals surface area (Å²) in [4.78, 5) is 7.47. The predicted molar refractivity (Wildman–Crippen MR) is 75.5 cm³/mol. The molecule has 0 saturated heterocycles. The van der Waals surface area contributed by atoms with Crippen LogP contribution in [0.2, 0.25) is 0 Å². The standard InChI is InChI=1S/C13H12N4OS/c1-8(15)9(6-14)12(18)7-19-13-16-10-4-2-3-5-11(10)17-13/h2-5,15,18H,7H2,1H3,(H,16,17)/b12-9-,15-8?. The number of nitrogens with one attached hydrogen (secondary N) is 2. The van der Waals surface area contributed by atoms with Gasteiger partial charge in [-0.05, 0) is 19.1 Å². The number of thioether (sulfide) groups is 1. The molecule has 0 amide bonds. The van der Waals surface area contributed by atoms with E-state index in [0.717, 1.165) is 11.0 Å². The number of aromatic nitrogens is 2. The number of benzene rings is 1. The molecule has 0 aliphatic carbocycles. The lowest BCUT2D eigenvalue weighted by Crippen LogP contribution is -2.00. The minimum atomic E-state index is -0.0968. The number of fused-ring (bicyclic) bond motifs is 1. The number of rotatable bonds is 4. The molecule has 0 unspecified atom stereocenters. The molecule has 6 heteroatoms.